The van der Waals surface area contributed by atoms with E-state index < -0.39 is 12.2 Å². The van der Waals surface area contributed by atoms with E-state index in [1.54, 1.807) is 42.1 Å². The fourth-order valence-electron chi connectivity index (χ4n) is 2.98. The number of anilines is 1. The van der Waals surface area contributed by atoms with Gasteiger partial charge >= 0.3 is 0 Å². The van der Waals surface area contributed by atoms with Crippen molar-refractivity contribution in [3.8, 4) is 11.5 Å². The van der Waals surface area contributed by atoms with Gasteiger partial charge in [-0.05, 0) is 36.8 Å². The molecule has 2 atom stereocenters. The lowest BCUT2D eigenvalue weighted by Crippen LogP contribution is -2.46. The Kier molecular flexibility index (Phi) is 5.15. The summed E-state index contributed by atoms with van der Waals surface area (Å²) in [6, 6.07) is 14.2. The zero-order chi connectivity index (χ0) is 19.7. The van der Waals surface area contributed by atoms with Crippen LogP contribution in [0.1, 0.15) is 12.5 Å². The monoisotopic (exact) mass is 417 g/mol. The van der Waals surface area contributed by atoms with Crippen molar-refractivity contribution in [3.05, 3.63) is 70.3 Å². The zero-order valence-electron chi connectivity index (χ0n) is 14.9. The molecule has 4 rings (SSSR count). The molecule has 28 heavy (non-hydrogen) atoms. The first-order chi connectivity index (χ1) is 13.5. The van der Waals surface area contributed by atoms with Crippen LogP contribution in [0.2, 0.25) is 10.0 Å². The molecule has 1 aliphatic rings. The van der Waals surface area contributed by atoms with Crippen LogP contribution < -0.4 is 14.8 Å². The van der Waals surface area contributed by atoms with E-state index in [9.17, 15) is 4.79 Å². The Morgan fingerprint density at radius 3 is 2.64 bits per heavy atom. The number of amides is 1. The molecule has 2 heterocycles. The van der Waals surface area contributed by atoms with Crippen LogP contribution in [0.15, 0.2) is 54.7 Å². The summed E-state index contributed by atoms with van der Waals surface area (Å²) < 4.78 is 13.3. The molecule has 0 saturated carbocycles. The first-order valence-electron chi connectivity index (χ1n) is 8.70. The van der Waals surface area contributed by atoms with Crippen molar-refractivity contribution in [1.29, 1.82) is 0 Å². The Morgan fingerprint density at radius 1 is 1.14 bits per heavy atom. The lowest BCUT2D eigenvalue weighted by molar-refractivity contribution is -0.128. The smallest absolute Gasteiger partial charge is 0.270 e. The van der Waals surface area contributed by atoms with E-state index in [1.807, 2.05) is 24.3 Å². The fourth-order valence-corrected chi connectivity index (χ4v) is 3.45. The van der Waals surface area contributed by atoms with Gasteiger partial charge in [0.15, 0.2) is 11.5 Å². The molecule has 2 unspecified atom stereocenters. The molecule has 6 nitrogen and oxygen atoms in total. The number of aromatic nitrogens is 2. The highest BCUT2D eigenvalue weighted by Crippen LogP contribution is 2.33. The number of ether oxygens (including phenoxy) is 2. The van der Waals surface area contributed by atoms with Gasteiger partial charge in [0.25, 0.3) is 5.91 Å². The van der Waals surface area contributed by atoms with E-state index in [-0.39, 0.29) is 5.91 Å². The minimum atomic E-state index is -0.780. The fraction of sp³-hybridized carbons (Fsp3) is 0.200. The molecule has 0 radical (unpaired) electrons. The lowest BCUT2D eigenvalue weighted by atomic mass is 10.1. The maximum absolute atomic E-state index is 12.8. The van der Waals surface area contributed by atoms with Crippen LogP contribution in [0.3, 0.4) is 0 Å². The van der Waals surface area contributed by atoms with Crippen molar-refractivity contribution >= 4 is 34.9 Å². The summed E-state index contributed by atoms with van der Waals surface area (Å²) in [5, 5.41) is 8.22. The maximum atomic E-state index is 12.8. The highest BCUT2D eigenvalue weighted by atomic mass is 35.5. The Labute approximate surface area is 172 Å². The summed E-state index contributed by atoms with van der Waals surface area (Å²) in [7, 11) is 0. The van der Waals surface area contributed by atoms with Gasteiger partial charge < -0.3 is 14.8 Å². The predicted molar refractivity (Wildman–Crippen MR) is 107 cm³/mol. The summed E-state index contributed by atoms with van der Waals surface area (Å²) in [4.78, 5) is 12.8. The number of nitrogens with zero attached hydrogens (tertiary/aromatic N) is 2. The minimum Gasteiger partial charge on any atom is -0.482 e. The summed E-state index contributed by atoms with van der Waals surface area (Å²) in [6.45, 7) is 2.18. The van der Waals surface area contributed by atoms with E-state index in [2.05, 4.69) is 10.4 Å². The van der Waals surface area contributed by atoms with Crippen LogP contribution in [-0.2, 0) is 11.3 Å². The SMILES string of the molecule is CC1Oc2ccccc2OC1C(=O)Nc1ccnn1Cc1ccc(Cl)cc1Cl. The number of nitrogens with one attached hydrogen (secondary N) is 1. The number of carbonyl (C=O) groups is 1. The molecular weight excluding hydrogens is 401 g/mol. The van der Waals surface area contributed by atoms with E-state index >= 15 is 0 Å². The number of hydrogen-bond acceptors (Lipinski definition) is 4. The number of para-hydroxylation sites is 2. The third-order valence-corrected chi connectivity index (χ3v) is 4.99. The van der Waals surface area contributed by atoms with Gasteiger partial charge in [-0.15, -0.1) is 0 Å². The van der Waals surface area contributed by atoms with Crippen LogP contribution in [0.25, 0.3) is 0 Å². The Balaban J connectivity index is 1.49. The summed E-state index contributed by atoms with van der Waals surface area (Å²) >= 11 is 12.2. The van der Waals surface area contributed by atoms with Gasteiger partial charge in [-0.2, -0.15) is 5.10 Å². The Morgan fingerprint density at radius 2 is 1.89 bits per heavy atom. The number of benzene rings is 2. The summed E-state index contributed by atoms with van der Waals surface area (Å²) in [6.07, 6.45) is 0.394. The predicted octanol–water partition coefficient (Wildman–Crippen LogP) is 4.41. The van der Waals surface area contributed by atoms with E-state index in [4.69, 9.17) is 32.7 Å². The van der Waals surface area contributed by atoms with Crippen molar-refractivity contribution in [1.82, 2.24) is 9.78 Å². The number of hydrogen-bond donors (Lipinski definition) is 1. The van der Waals surface area contributed by atoms with Crippen LogP contribution in [0.5, 0.6) is 11.5 Å². The molecule has 1 aliphatic heterocycles. The highest BCUT2D eigenvalue weighted by Gasteiger charge is 2.34. The van der Waals surface area contributed by atoms with Crippen molar-refractivity contribution < 1.29 is 14.3 Å². The quantitative estimate of drug-likeness (QED) is 0.682. The topological polar surface area (TPSA) is 65.4 Å². The number of rotatable bonds is 4. The molecule has 1 amide bonds. The van der Waals surface area contributed by atoms with Crippen molar-refractivity contribution in [2.24, 2.45) is 0 Å². The molecule has 2 aromatic carbocycles. The molecule has 0 fully saturated rings. The van der Waals surface area contributed by atoms with Gasteiger partial charge in [-0.1, -0.05) is 41.4 Å². The van der Waals surface area contributed by atoms with Crippen LogP contribution in [-0.4, -0.2) is 27.9 Å². The molecular formula is C20H17Cl2N3O3. The van der Waals surface area contributed by atoms with Gasteiger partial charge in [0.2, 0.25) is 6.10 Å². The third-order valence-electron chi connectivity index (χ3n) is 4.40. The summed E-state index contributed by atoms with van der Waals surface area (Å²) in [5.74, 6) is 1.39. The molecule has 144 valence electrons. The van der Waals surface area contributed by atoms with E-state index in [1.165, 1.54) is 0 Å². The lowest BCUT2D eigenvalue weighted by Gasteiger charge is -2.31. The van der Waals surface area contributed by atoms with Gasteiger partial charge in [-0.25, -0.2) is 4.68 Å². The Hall–Kier alpha value is -2.70. The minimum absolute atomic E-state index is 0.314. The average molecular weight is 418 g/mol. The van der Waals surface area contributed by atoms with Crippen molar-refractivity contribution in [3.63, 3.8) is 0 Å². The van der Waals surface area contributed by atoms with E-state index in [0.29, 0.717) is 33.9 Å². The largest absolute Gasteiger partial charge is 0.482 e. The van der Waals surface area contributed by atoms with Gasteiger partial charge in [0, 0.05) is 16.1 Å². The zero-order valence-corrected chi connectivity index (χ0v) is 16.4. The second kappa shape index (κ2) is 7.73. The molecule has 8 heteroatoms. The molecule has 0 aliphatic carbocycles. The standard InChI is InChI=1S/C20H17Cl2N3O3/c1-12-19(28-17-5-3-2-4-16(17)27-12)20(26)24-18-8-9-23-25(18)11-13-6-7-14(21)10-15(13)22/h2-10,12,19H,11H2,1H3,(H,24,26). The molecule has 1 N–H and O–H groups in total. The van der Waals surface area contributed by atoms with E-state index in [0.717, 1.165) is 5.56 Å². The normalized spacial score (nSPS) is 18.0. The Bertz CT molecular complexity index is 1020. The second-order valence-corrected chi connectivity index (χ2v) is 7.25. The van der Waals surface area contributed by atoms with Gasteiger partial charge in [-0.3, -0.25) is 4.79 Å². The van der Waals surface area contributed by atoms with Crippen LogP contribution in [0, 0.1) is 0 Å². The van der Waals surface area contributed by atoms with Gasteiger partial charge in [0.1, 0.15) is 11.9 Å². The van der Waals surface area contributed by atoms with Crippen molar-refractivity contribution in [2.75, 3.05) is 5.32 Å². The number of halogens is 2. The summed E-state index contributed by atoms with van der Waals surface area (Å²) in [5.41, 5.74) is 0.838. The van der Waals surface area contributed by atoms with Crippen LogP contribution in [0.4, 0.5) is 5.82 Å². The molecule has 1 aromatic heterocycles. The highest BCUT2D eigenvalue weighted by molar-refractivity contribution is 6.35. The first-order valence-corrected chi connectivity index (χ1v) is 9.46. The first kappa shape index (κ1) is 18.7. The van der Waals surface area contributed by atoms with Crippen molar-refractivity contribution in [2.45, 2.75) is 25.7 Å². The average Bonchev–Trinajstić information content (AvgIpc) is 3.10. The van der Waals surface area contributed by atoms with Gasteiger partial charge in [0.05, 0.1) is 12.7 Å². The molecule has 0 spiro atoms. The second-order valence-electron chi connectivity index (χ2n) is 6.41. The number of fused-ring (bicyclic) bond motifs is 1. The molecule has 0 saturated heterocycles. The molecule has 3 aromatic rings. The van der Waals surface area contributed by atoms with Crippen LogP contribution >= 0.6 is 23.2 Å². The molecule has 0 bridgehead atoms. The number of carbonyl (C=O) groups excluding carboxylic acids is 1. The third kappa shape index (κ3) is 3.79. The maximum Gasteiger partial charge on any atom is 0.270 e.